The summed E-state index contributed by atoms with van der Waals surface area (Å²) >= 11 is 0. The first-order valence-electron chi connectivity index (χ1n) is 10.8. The number of benzene rings is 2. The monoisotopic (exact) mass is 471 g/mol. The standard InChI is InChI=1S/C24H29N3O7/c1-31-19-13-17(14-20(32-2)23(19)33-3)15-22(29)34-16-21(28)26-9-11-27(12-10-26)24(30)25-18-7-5-4-6-8-18/h4-8,13-14H,9-12,15-16H2,1-3H3,(H,25,30). The molecule has 1 heterocycles. The first-order chi connectivity index (χ1) is 16.4. The number of ether oxygens (including phenoxy) is 4. The maximum Gasteiger partial charge on any atom is 0.321 e. The molecule has 10 heteroatoms. The van der Waals surface area contributed by atoms with E-state index in [1.165, 1.54) is 21.3 Å². The molecule has 0 bridgehead atoms. The molecule has 1 aliphatic rings. The van der Waals surface area contributed by atoms with Gasteiger partial charge in [-0.2, -0.15) is 0 Å². The Morgan fingerprint density at radius 2 is 1.44 bits per heavy atom. The number of methoxy groups -OCH3 is 3. The number of esters is 1. The van der Waals surface area contributed by atoms with Crippen molar-refractivity contribution in [1.82, 2.24) is 9.80 Å². The van der Waals surface area contributed by atoms with Crippen molar-refractivity contribution in [3.05, 3.63) is 48.0 Å². The molecule has 3 rings (SSSR count). The van der Waals surface area contributed by atoms with Crippen LogP contribution in [-0.2, 0) is 20.7 Å². The lowest BCUT2D eigenvalue weighted by molar-refractivity contribution is -0.152. The number of piperazine rings is 1. The number of amides is 3. The second-order valence-corrected chi connectivity index (χ2v) is 7.54. The van der Waals surface area contributed by atoms with E-state index in [2.05, 4.69) is 5.32 Å². The van der Waals surface area contributed by atoms with Gasteiger partial charge in [0.25, 0.3) is 5.91 Å². The maximum absolute atomic E-state index is 12.5. The number of anilines is 1. The fraction of sp³-hybridized carbons (Fsp3) is 0.375. The Hall–Kier alpha value is -3.95. The van der Waals surface area contributed by atoms with E-state index in [-0.39, 0.29) is 25.0 Å². The van der Waals surface area contributed by atoms with Crippen LogP contribution in [0.4, 0.5) is 10.5 Å². The van der Waals surface area contributed by atoms with E-state index in [0.29, 0.717) is 54.7 Å². The van der Waals surface area contributed by atoms with Gasteiger partial charge in [0.05, 0.1) is 27.8 Å². The van der Waals surface area contributed by atoms with Crippen molar-refractivity contribution in [3.8, 4) is 17.2 Å². The van der Waals surface area contributed by atoms with Crippen LogP contribution in [0.5, 0.6) is 17.2 Å². The van der Waals surface area contributed by atoms with Gasteiger partial charge in [-0.25, -0.2) is 4.79 Å². The highest BCUT2D eigenvalue weighted by molar-refractivity contribution is 5.89. The van der Waals surface area contributed by atoms with Gasteiger partial charge < -0.3 is 34.1 Å². The van der Waals surface area contributed by atoms with Crippen LogP contribution in [0.3, 0.4) is 0 Å². The van der Waals surface area contributed by atoms with Crippen LogP contribution in [0.2, 0.25) is 0 Å². The molecule has 182 valence electrons. The normalized spacial score (nSPS) is 13.1. The summed E-state index contributed by atoms with van der Waals surface area (Å²) in [7, 11) is 4.47. The number of para-hydroxylation sites is 1. The topological polar surface area (TPSA) is 107 Å². The Morgan fingerprint density at radius 1 is 0.853 bits per heavy atom. The highest BCUT2D eigenvalue weighted by atomic mass is 16.5. The Labute approximate surface area is 198 Å². The first kappa shape index (κ1) is 24.7. The second kappa shape index (κ2) is 11.8. The number of rotatable bonds is 8. The number of hydrogen-bond donors (Lipinski definition) is 1. The average Bonchev–Trinajstić information content (AvgIpc) is 2.87. The van der Waals surface area contributed by atoms with Gasteiger partial charge in [0.15, 0.2) is 18.1 Å². The molecular formula is C24H29N3O7. The summed E-state index contributed by atoms with van der Waals surface area (Å²) in [6.07, 6.45) is -0.0581. The van der Waals surface area contributed by atoms with Crippen LogP contribution in [0.15, 0.2) is 42.5 Å². The molecule has 0 aliphatic carbocycles. The van der Waals surface area contributed by atoms with Crippen LogP contribution in [0.1, 0.15) is 5.56 Å². The summed E-state index contributed by atoms with van der Waals surface area (Å²) in [4.78, 5) is 40.4. The van der Waals surface area contributed by atoms with E-state index in [0.717, 1.165) is 0 Å². The van der Waals surface area contributed by atoms with Gasteiger partial charge in [-0.3, -0.25) is 9.59 Å². The number of carbonyl (C=O) groups is 3. The lowest BCUT2D eigenvalue weighted by Crippen LogP contribution is -2.52. The molecular weight excluding hydrogens is 442 g/mol. The zero-order chi connectivity index (χ0) is 24.5. The minimum absolute atomic E-state index is 0.0581. The van der Waals surface area contributed by atoms with Gasteiger partial charge >= 0.3 is 12.0 Å². The van der Waals surface area contributed by atoms with E-state index >= 15 is 0 Å². The summed E-state index contributed by atoms with van der Waals surface area (Å²) in [6, 6.07) is 12.3. The summed E-state index contributed by atoms with van der Waals surface area (Å²) in [5, 5.41) is 2.83. The molecule has 1 fully saturated rings. The van der Waals surface area contributed by atoms with Crippen molar-refractivity contribution in [2.45, 2.75) is 6.42 Å². The number of carbonyl (C=O) groups excluding carboxylic acids is 3. The highest BCUT2D eigenvalue weighted by Crippen LogP contribution is 2.38. The maximum atomic E-state index is 12.5. The lowest BCUT2D eigenvalue weighted by Gasteiger charge is -2.34. The number of nitrogens with zero attached hydrogens (tertiary/aromatic N) is 2. The van der Waals surface area contributed by atoms with Gasteiger partial charge in [0.2, 0.25) is 5.75 Å². The SMILES string of the molecule is COc1cc(CC(=O)OCC(=O)N2CCN(C(=O)Nc3ccccc3)CC2)cc(OC)c1OC. The molecule has 10 nitrogen and oxygen atoms in total. The largest absolute Gasteiger partial charge is 0.493 e. The molecule has 0 atom stereocenters. The zero-order valence-electron chi connectivity index (χ0n) is 19.5. The fourth-order valence-electron chi connectivity index (χ4n) is 3.57. The molecule has 0 aromatic heterocycles. The van der Waals surface area contributed by atoms with Crippen LogP contribution >= 0.6 is 0 Å². The van der Waals surface area contributed by atoms with Crippen molar-refractivity contribution in [2.75, 3.05) is 59.4 Å². The van der Waals surface area contributed by atoms with E-state index in [1.54, 1.807) is 21.9 Å². The first-order valence-corrected chi connectivity index (χ1v) is 10.8. The predicted molar refractivity (Wildman–Crippen MR) is 124 cm³/mol. The number of hydrogen-bond acceptors (Lipinski definition) is 7. The third kappa shape index (κ3) is 6.31. The molecule has 2 aromatic rings. The quantitative estimate of drug-likeness (QED) is 0.588. The van der Waals surface area contributed by atoms with Crippen molar-refractivity contribution in [3.63, 3.8) is 0 Å². The van der Waals surface area contributed by atoms with Crippen molar-refractivity contribution < 1.29 is 33.3 Å². The molecule has 1 N–H and O–H groups in total. The van der Waals surface area contributed by atoms with Gasteiger partial charge in [-0.05, 0) is 29.8 Å². The molecule has 0 unspecified atom stereocenters. The highest BCUT2D eigenvalue weighted by Gasteiger charge is 2.25. The van der Waals surface area contributed by atoms with Crippen LogP contribution in [0, 0.1) is 0 Å². The summed E-state index contributed by atoms with van der Waals surface area (Å²) in [5.41, 5.74) is 1.31. The molecule has 1 saturated heterocycles. The molecule has 0 saturated carbocycles. The third-order valence-corrected chi connectivity index (χ3v) is 5.37. The Kier molecular flexibility index (Phi) is 8.55. The summed E-state index contributed by atoms with van der Waals surface area (Å²) in [5.74, 6) is 0.420. The van der Waals surface area contributed by atoms with Crippen molar-refractivity contribution in [2.24, 2.45) is 0 Å². The molecule has 2 aromatic carbocycles. The predicted octanol–water partition coefficient (Wildman–Crippen LogP) is 2.17. The van der Waals surface area contributed by atoms with E-state index in [4.69, 9.17) is 18.9 Å². The van der Waals surface area contributed by atoms with E-state index in [9.17, 15) is 14.4 Å². The summed E-state index contributed by atoms with van der Waals surface area (Å²) < 4.78 is 21.0. The van der Waals surface area contributed by atoms with Gasteiger partial charge in [0.1, 0.15) is 0 Å². The zero-order valence-corrected chi connectivity index (χ0v) is 19.5. The molecule has 3 amide bonds. The second-order valence-electron chi connectivity index (χ2n) is 7.54. The van der Waals surface area contributed by atoms with E-state index in [1.807, 2.05) is 30.3 Å². The molecule has 1 aliphatic heterocycles. The number of nitrogens with one attached hydrogen (secondary N) is 1. The Balaban J connectivity index is 1.45. The minimum atomic E-state index is -0.552. The fourth-order valence-corrected chi connectivity index (χ4v) is 3.57. The molecule has 34 heavy (non-hydrogen) atoms. The number of urea groups is 1. The third-order valence-electron chi connectivity index (χ3n) is 5.37. The average molecular weight is 472 g/mol. The van der Waals surface area contributed by atoms with E-state index < -0.39 is 5.97 Å². The van der Waals surface area contributed by atoms with Crippen molar-refractivity contribution in [1.29, 1.82) is 0 Å². The van der Waals surface area contributed by atoms with Crippen molar-refractivity contribution >= 4 is 23.6 Å². The molecule has 0 radical (unpaired) electrons. The Bertz CT molecular complexity index is 980. The Morgan fingerprint density at radius 3 is 2.00 bits per heavy atom. The molecule has 0 spiro atoms. The summed E-state index contributed by atoms with van der Waals surface area (Å²) in [6.45, 7) is 1.16. The smallest absolute Gasteiger partial charge is 0.321 e. The van der Waals surface area contributed by atoms with Crippen LogP contribution in [0.25, 0.3) is 0 Å². The minimum Gasteiger partial charge on any atom is -0.493 e. The van der Waals surface area contributed by atoms with Gasteiger partial charge in [-0.1, -0.05) is 18.2 Å². The van der Waals surface area contributed by atoms with Gasteiger partial charge in [0, 0.05) is 31.9 Å². The van der Waals surface area contributed by atoms with Gasteiger partial charge in [-0.15, -0.1) is 0 Å². The lowest BCUT2D eigenvalue weighted by atomic mass is 10.1. The van der Waals surface area contributed by atoms with Crippen LogP contribution in [-0.4, -0.2) is 81.8 Å². The van der Waals surface area contributed by atoms with Crippen LogP contribution < -0.4 is 19.5 Å².